The predicted molar refractivity (Wildman–Crippen MR) is 58.9 cm³/mol. The lowest BCUT2D eigenvalue weighted by atomic mass is 10.2. The molecule has 0 aromatic heterocycles. The molecule has 0 spiro atoms. The molecule has 0 aliphatic carbocycles. The van der Waals surface area contributed by atoms with E-state index in [0.29, 0.717) is 18.8 Å². The number of hydrogen-bond donors (Lipinski definition) is 0. The molecule has 0 aliphatic rings. The third-order valence-corrected chi connectivity index (χ3v) is 2.08. The van der Waals surface area contributed by atoms with E-state index in [4.69, 9.17) is 14.2 Å². The van der Waals surface area contributed by atoms with E-state index in [1.165, 1.54) is 13.2 Å². The lowest BCUT2D eigenvalue weighted by Crippen LogP contribution is -2.09. The molecule has 1 aromatic rings. The molecule has 1 aromatic carbocycles. The highest BCUT2D eigenvalue weighted by atomic mass is 19.1. The SMILES string of the molecule is CCOC(OCC)c1ccc(OC)c(F)c1. The van der Waals surface area contributed by atoms with Crippen LogP contribution in [-0.2, 0) is 9.47 Å². The van der Waals surface area contributed by atoms with Crippen molar-refractivity contribution in [3.63, 3.8) is 0 Å². The lowest BCUT2D eigenvalue weighted by molar-refractivity contribution is -0.140. The fourth-order valence-electron chi connectivity index (χ4n) is 1.37. The minimum Gasteiger partial charge on any atom is -0.494 e. The van der Waals surface area contributed by atoms with E-state index >= 15 is 0 Å². The predicted octanol–water partition coefficient (Wildman–Crippen LogP) is 2.91. The molecule has 0 aliphatic heterocycles. The number of ether oxygens (including phenoxy) is 3. The average Bonchev–Trinajstić information content (AvgIpc) is 2.28. The van der Waals surface area contributed by atoms with Crippen LogP contribution < -0.4 is 4.74 Å². The third kappa shape index (κ3) is 3.18. The van der Waals surface area contributed by atoms with Gasteiger partial charge in [0.2, 0.25) is 0 Å². The summed E-state index contributed by atoms with van der Waals surface area (Å²) in [7, 11) is 1.43. The molecule has 0 amide bonds. The summed E-state index contributed by atoms with van der Waals surface area (Å²) in [6.45, 7) is 4.76. The third-order valence-electron chi connectivity index (χ3n) is 2.08. The van der Waals surface area contributed by atoms with Crippen molar-refractivity contribution in [3.05, 3.63) is 29.6 Å². The Morgan fingerprint density at radius 3 is 2.25 bits per heavy atom. The Labute approximate surface area is 95.1 Å². The second kappa shape index (κ2) is 6.45. The first-order valence-electron chi connectivity index (χ1n) is 5.29. The van der Waals surface area contributed by atoms with Gasteiger partial charge in [-0.15, -0.1) is 0 Å². The van der Waals surface area contributed by atoms with Crippen LogP contribution in [0.2, 0.25) is 0 Å². The molecule has 0 saturated carbocycles. The number of rotatable bonds is 6. The minimum atomic E-state index is -0.518. The summed E-state index contributed by atoms with van der Waals surface area (Å²) in [6, 6.07) is 4.67. The van der Waals surface area contributed by atoms with Crippen LogP contribution in [0.25, 0.3) is 0 Å². The number of methoxy groups -OCH3 is 1. The van der Waals surface area contributed by atoms with Gasteiger partial charge in [-0.3, -0.25) is 0 Å². The van der Waals surface area contributed by atoms with Gasteiger partial charge in [0.1, 0.15) is 0 Å². The Morgan fingerprint density at radius 1 is 1.19 bits per heavy atom. The second-order valence-corrected chi connectivity index (χ2v) is 3.14. The highest BCUT2D eigenvalue weighted by Gasteiger charge is 2.13. The molecular formula is C12H17FO3. The molecule has 0 unspecified atom stereocenters. The van der Waals surface area contributed by atoms with Crippen LogP contribution >= 0.6 is 0 Å². The van der Waals surface area contributed by atoms with Crippen LogP contribution in [0, 0.1) is 5.82 Å². The fraction of sp³-hybridized carbons (Fsp3) is 0.500. The molecule has 0 saturated heterocycles. The van der Waals surface area contributed by atoms with Gasteiger partial charge in [0.25, 0.3) is 0 Å². The Morgan fingerprint density at radius 2 is 1.81 bits per heavy atom. The molecule has 4 heteroatoms. The highest BCUT2D eigenvalue weighted by Crippen LogP contribution is 2.24. The van der Waals surface area contributed by atoms with Crippen molar-refractivity contribution in [2.24, 2.45) is 0 Å². The van der Waals surface area contributed by atoms with Gasteiger partial charge in [0.15, 0.2) is 17.9 Å². The van der Waals surface area contributed by atoms with Gasteiger partial charge in [-0.25, -0.2) is 4.39 Å². The smallest absolute Gasteiger partial charge is 0.183 e. The van der Waals surface area contributed by atoms with Crippen molar-refractivity contribution in [1.82, 2.24) is 0 Å². The van der Waals surface area contributed by atoms with E-state index in [1.807, 2.05) is 13.8 Å². The summed E-state index contributed by atoms with van der Waals surface area (Å²) in [5.41, 5.74) is 0.655. The normalized spacial score (nSPS) is 10.8. The first-order valence-corrected chi connectivity index (χ1v) is 5.29. The second-order valence-electron chi connectivity index (χ2n) is 3.14. The van der Waals surface area contributed by atoms with Gasteiger partial charge >= 0.3 is 0 Å². The number of halogens is 1. The van der Waals surface area contributed by atoms with Crippen LogP contribution in [0.3, 0.4) is 0 Å². The van der Waals surface area contributed by atoms with E-state index in [-0.39, 0.29) is 5.75 Å². The maximum absolute atomic E-state index is 13.5. The molecule has 16 heavy (non-hydrogen) atoms. The van der Waals surface area contributed by atoms with E-state index in [2.05, 4.69) is 0 Å². The van der Waals surface area contributed by atoms with Gasteiger partial charge in [0, 0.05) is 18.8 Å². The van der Waals surface area contributed by atoms with Crippen molar-refractivity contribution in [2.45, 2.75) is 20.1 Å². The largest absolute Gasteiger partial charge is 0.494 e. The Kier molecular flexibility index (Phi) is 5.22. The summed E-state index contributed by atoms with van der Waals surface area (Å²) < 4.78 is 29.0. The van der Waals surface area contributed by atoms with E-state index in [9.17, 15) is 4.39 Å². The van der Waals surface area contributed by atoms with E-state index in [1.54, 1.807) is 12.1 Å². The average molecular weight is 228 g/mol. The standard InChI is InChI=1S/C12H17FO3/c1-4-15-12(16-5-2)9-6-7-11(14-3)10(13)8-9/h6-8,12H,4-5H2,1-3H3. The van der Waals surface area contributed by atoms with Crippen LogP contribution in [-0.4, -0.2) is 20.3 Å². The number of benzene rings is 1. The van der Waals surface area contributed by atoms with Gasteiger partial charge in [-0.1, -0.05) is 6.07 Å². The van der Waals surface area contributed by atoms with E-state index in [0.717, 1.165) is 0 Å². The molecule has 0 N–H and O–H groups in total. The zero-order valence-electron chi connectivity index (χ0n) is 9.83. The summed E-state index contributed by atoms with van der Waals surface area (Å²) in [5.74, 6) is -0.195. The van der Waals surface area contributed by atoms with Crippen molar-refractivity contribution >= 4 is 0 Å². The first kappa shape index (κ1) is 12.9. The van der Waals surface area contributed by atoms with Crippen LogP contribution in [0.4, 0.5) is 4.39 Å². The summed E-state index contributed by atoms with van der Waals surface area (Å²) in [4.78, 5) is 0. The van der Waals surface area contributed by atoms with Crippen molar-refractivity contribution in [3.8, 4) is 5.75 Å². The molecule has 0 bridgehead atoms. The Hall–Kier alpha value is -1.13. The monoisotopic (exact) mass is 228 g/mol. The summed E-state index contributed by atoms with van der Waals surface area (Å²) >= 11 is 0. The molecule has 0 heterocycles. The molecule has 90 valence electrons. The minimum absolute atomic E-state index is 0.218. The van der Waals surface area contributed by atoms with Crippen molar-refractivity contribution in [1.29, 1.82) is 0 Å². The van der Waals surface area contributed by atoms with Crippen LogP contribution in [0.15, 0.2) is 18.2 Å². The fourth-order valence-corrected chi connectivity index (χ4v) is 1.37. The molecular weight excluding hydrogens is 211 g/mol. The van der Waals surface area contributed by atoms with Crippen LogP contribution in [0.1, 0.15) is 25.7 Å². The lowest BCUT2D eigenvalue weighted by Gasteiger charge is -2.17. The van der Waals surface area contributed by atoms with Crippen LogP contribution in [0.5, 0.6) is 5.75 Å². The quantitative estimate of drug-likeness (QED) is 0.701. The van der Waals surface area contributed by atoms with Gasteiger partial charge in [0.05, 0.1) is 7.11 Å². The summed E-state index contributed by atoms with van der Waals surface area (Å²) in [5, 5.41) is 0. The molecule has 1 rings (SSSR count). The highest BCUT2D eigenvalue weighted by molar-refractivity contribution is 5.29. The maximum atomic E-state index is 13.5. The molecule has 0 fully saturated rings. The Balaban J connectivity index is 2.87. The first-order chi connectivity index (χ1) is 7.72. The molecule has 0 atom stereocenters. The van der Waals surface area contributed by atoms with Gasteiger partial charge < -0.3 is 14.2 Å². The molecule has 3 nitrogen and oxygen atoms in total. The number of hydrogen-bond acceptors (Lipinski definition) is 3. The topological polar surface area (TPSA) is 27.7 Å². The van der Waals surface area contributed by atoms with Crippen molar-refractivity contribution in [2.75, 3.05) is 20.3 Å². The van der Waals surface area contributed by atoms with Gasteiger partial charge in [-0.05, 0) is 26.0 Å². The molecule has 0 radical (unpaired) electrons. The Bertz CT molecular complexity index is 322. The zero-order chi connectivity index (χ0) is 12.0. The zero-order valence-corrected chi connectivity index (χ0v) is 9.83. The van der Waals surface area contributed by atoms with Gasteiger partial charge in [-0.2, -0.15) is 0 Å². The van der Waals surface area contributed by atoms with E-state index < -0.39 is 12.1 Å². The van der Waals surface area contributed by atoms with Crippen molar-refractivity contribution < 1.29 is 18.6 Å². The maximum Gasteiger partial charge on any atom is 0.183 e. The summed E-state index contributed by atoms with van der Waals surface area (Å²) in [6.07, 6.45) is -0.518.